The van der Waals surface area contributed by atoms with Gasteiger partial charge < -0.3 is 14.9 Å². The maximum Gasteiger partial charge on any atom is 0.240 e. The van der Waals surface area contributed by atoms with Crippen molar-refractivity contribution in [2.24, 2.45) is 0 Å². The molecule has 0 amide bonds. The van der Waals surface area contributed by atoms with E-state index in [0.29, 0.717) is 13.0 Å². The van der Waals surface area contributed by atoms with Crippen molar-refractivity contribution in [2.45, 2.75) is 42.6 Å². The van der Waals surface area contributed by atoms with Crippen LogP contribution in [0.3, 0.4) is 0 Å². The molecule has 0 aliphatic carbocycles. The number of benzene rings is 1. The molecule has 30 heavy (non-hydrogen) atoms. The van der Waals surface area contributed by atoms with Crippen LogP contribution in [0.4, 0.5) is 0 Å². The topological polar surface area (TPSA) is 112 Å². The number of likely N-dealkylation sites (N-methyl/N-ethyl adjacent to an activating group) is 1. The van der Waals surface area contributed by atoms with Gasteiger partial charge in [-0.2, -0.15) is 0 Å². The molecule has 4 atom stereocenters. The second kappa shape index (κ2) is 9.95. The minimum Gasteiger partial charge on any atom is -0.394 e. The lowest BCUT2D eigenvalue weighted by molar-refractivity contribution is -0.0201. The Hall–Kier alpha value is -1.88. The highest BCUT2D eigenvalue weighted by Gasteiger charge is 2.45. The van der Waals surface area contributed by atoms with E-state index in [1.54, 1.807) is 30.5 Å². The average molecular weight is 436 g/mol. The number of hydrogen-bond acceptors (Lipinski definition) is 7. The quantitative estimate of drug-likeness (QED) is 0.520. The fraction of sp³-hybridized carbons (Fsp3) is 0.476. The monoisotopic (exact) mass is 435 g/mol. The van der Waals surface area contributed by atoms with E-state index in [2.05, 4.69) is 9.71 Å². The zero-order chi connectivity index (χ0) is 21.7. The molecule has 3 rings (SSSR count). The molecule has 0 spiro atoms. The summed E-state index contributed by atoms with van der Waals surface area (Å²) in [5.41, 5.74) is 1.89. The van der Waals surface area contributed by atoms with Crippen molar-refractivity contribution >= 4 is 10.0 Å². The normalized spacial score (nSPS) is 24.4. The molecule has 164 valence electrons. The number of aliphatic hydroxyl groups is 2. The molecule has 0 saturated carbocycles. The molecular weight excluding hydrogens is 406 g/mol. The van der Waals surface area contributed by atoms with E-state index >= 15 is 0 Å². The number of aliphatic hydroxyl groups excluding tert-OH is 2. The van der Waals surface area contributed by atoms with Crippen LogP contribution in [0.25, 0.3) is 0 Å². The zero-order valence-corrected chi connectivity index (χ0v) is 18.0. The summed E-state index contributed by atoms with van der Waals surface area (Å²) in [6, 6.07) is 11.8. The summed E-state index contributed by atoms with van der Waals surface area (Å²) in [5.74, 6) is 0. The van der Waals surface area contributed by atoms with Crippen molar-refractivity contribution in [3.8, 4) is 0 Å². The molecule has 1 saturated heterocycles. The van der Waals surface area contributed by atoms with Crippen molar-refractivity contribution in [1.82, 2.24) is 14.6 Å². The zero-order valence-electron chi connectivity index (χ0n) is 17.2. The Morgan fingerprint density at radius 1 is 1.17 bits per heavy atom. The number of ether oxygens (including phenoxy) is 1. The standard InChI is InChI=1S/C21H29N3O5S/c1-15-6-8-17(9-7-15)30(27,28)23-13-18-20(21(26)19(14-25)29-18)24(2)12-10-16-5-3-4-11-22-16/h3-9,11,18-21,23,25-26H,10,12-14H2,1-2H3/t18-,19-,20-,21+/m0/s1. The summed E-state index contributed by atoms with van der Waals surface area (Å²) in [4.78, 5) is 6.40. The van der Waals surface area contributed by atoms with E-state index in [1.807, 2.05) is 37.1 Å². The predicted octanol–water partition coefficient (Wildman–Crippen LogP) is 0.332. The molecule has 1 aliphatic rings. The van der Waals surface area contributed by atoms with E-state index < -0.39 is 34.4 Å². The Morgan fingerprint density at radius 2 is 1.90 bits per heavy atom. The number of rotatable bonds is 9. The number of nitrogens with zero attached hydrogens (tertiary/aromatic N) is 2. The van der Waals surface area contributed by atoms with E-state index in [-0.39, 0.29) is 18.0 Å². The maximum atomic E-state index is 12.6. The van der Waals surface area contributed by atoms with Gasteiger partial charge >= 0.3 is 0 Å². The summed E-state index contributed by atoms with van der Waals surface area (Å²) in [6.07, 6.45) is 0.101. The Morgan fingerprint density at radius 3 is 2.53 bits per heavy atom. The molecule has 2 aromatic rings. The molecule has 1 aromatic heterocycles. The summed E-state index contributed by atoms with van der Waals surface area (Å²) in [5, 5.41) is 20.2. The summed E-state index contributed by atoms with van der Waals surface area (Å²) < 4.78 is 33.6. The van der Waals surface area contributed by atoms with Gasteiger partial charge in [-0.3, -0.25) is 9.88 Å². The molecule has 8 nitrogen and oxygen atoms in total. The van der Waals surface area contributed by atoms with Crippen LogP contribution in [-0.2, 0) is 21.2 Å². The molecular formula is C21H29N3O5S. The van der Waals surface area contributed by atoms with Gasteiger partial charge in [-0.05, 0) is 38.2 Å². The van der Waals surface area contributed by atoms with Gasteiger partial charge in [0, 0.05) is 31.4 Å². The molecule has 0 radical (unpaired) electrons. The van der Waals surface area contributed by atoms with Crippen LogP contribution in [0.2, 0.25) is 0 Å². The molecule has 9 heteroatoms. The minimum absolute atomic E-state index is 0.0115. The molecule has 1 aliphatic heterocycles. The predicted molar refractivity (Wildman–Crippen MR) is 112 cm³/mol. The number of nitrogens with one attached hydrogen (secondary N) is 1. The number of aryl methyl sites for hydroxylation is 1. The summed E-state index contributed by atoms with van der Waals surface area (Å²) >= 11 is 0. The first kappa shape index (κ1) is 22.8. The van der Waals surface area contributed by atoms with E-state index in [1.165, 1.54) is 0 Å². The van der Waals surface area contributed by atoms with Crippen LogP contribution >= 0.6 is 0 Å². The smallest absolute Gasteiger partial charge is 0.240 e. The van der Waals surface area contributed by atoms with Gasteiger partial charge in [0.25, 0.3) is 0 Å². The third kappa shape index (κ3) is 5.42. The molecule has 3 N–H and O–H groups in total. The summed E-state index contributed by atoms with van der Waals surface area (Å²) in [7, 11) is -1.86. The third-order valence-corrected chi connectivity index (χ3v) is 6.84. The Bertz CT molecular complexity index is 908. The highest BCUT2D eigenvalue weighted by atomic mass is 32.2. The highest BCUT2D eigenvalue weighted by Crippen LogP contribution is 2.25. The number of aromatic nitrogens is 1. The van der Waals surface area contributed by atoms with Crippen LogP contribution in [0.5, 0.6) is 0 Å². The molecule has 0 bridgehead atoms. The molecule has 1 fully saturated rings. The first-order chi connectivity index (χ1) is 14.3. The van der Waals surface area contributed by atoms with Crippen LogP contribution in [0, 0.1) is 6.92 Å². The van der Waals surface area contributed by atoms with Gasteiger partial charge in [0.2, 0.25) is 10.0 Å². The lowest BCUT2D eigenvalue weighted by atomic mass is 10.0. The van der Waals surface area contributed by atoms with E-state index in [4.69, 9.17) is 4.74 Å². The van der Waals surface area contributed by atoms with Gasteiger partial charge in [-0.1, -0.05) is 23.8 Å². The molecule has 1 aromatic carbocycles. The van der Waals surface area contributed by atoms with Gasteiger partial charge in [-0.25, -0.2) is 13.1 Å². The third-order valence-electron chi connectivity index (χ3n) is 5.40. The second-order valence-electron chi connectivity index (χ2n) is 7.59. The minimum atomic E-state index is -3.71. The van der Waals surface area contributed by atoms with Gasteiger partial charge in [0.15, 0.2) is 0 Å². The highest BCUT2D eigenvalue weighted by molar-refractivity contribution is 7.89. The molecule has 2 heterocycles. The van der Waals surface area contributed by atoms with Crippen LogP contribution in [-0.4, -0.2) is 79.6 Å². The average Bonchev–Trinajstić information content (AvgIpc) is 3.07. The van der Waals surface area contributed by atoms with Crippen molar-refractivity contribution in [1.29, 1.82) is 0 Å². The van der Waals surface area contributed by atoms with Crippen molar-refractivity contribution < 1.29 is 23.4 Å². The lowest BCUT2D eigenvalue weighted by Gasteiger charge is -2.30. The van der Waals surface area contributed by atoms with Gasteiger partial charge in [0.1, 0.15) is 12.2 Å². The number of pyridine rings is 1. The van der Waals surface area contributed by atoms with Crippen LogP contribution < -0.4 is 4.72 Å². The van der Waals surface area contributed by atoms with Crippen LogP contribution in [0.15, 0.2) is 53.6 Å². The molecule has 0 unspecified atom stereocenters. The largest absolute Gasteiger partial charge is 0.394 e. The van der Waals surface area contributed by atoms with Gasteiger partial charge in [-0.15, -0.1) is 0 Å². The SMILES string of the molecule is Cc1ccc(S(=O)(=O)NC[C@@H]2O[C@@H](CO)[C@@H](O)[C@H]2N(C)CCc2ccccn2)cc1. The van der Waals surface area contributed by atoms with E-state index in [0.717, 1.165) is 11.3 Å². The van der Waals surface area contributed by atoms with E-state index in [9.17, 15) is 18.6 Å². The maximum absolute atomic E-state index is 12.6. The van der Waals surface area contributed by atoms with Crippen molar-refractivity contribution in [3.05, 3.63) is 59.9 Å². The van der Waals surface area contributed by atoms with Crippen LogP contribution in [0.1, 0.15) is 11.3 Å². The fourth-order valence-electron chi connectivity index (χ4n) is 3.67. The Balaban J connectivity index is 1.67. The van der Waals surface area contributed by atoms with Gasteiger partial charge in [0.05, 0.1) is 23.6 Å². The van der Waals surface area contributed by atoms with Crippen molar-refractivity contribution in [3.63, 3.8) is 0 Å². The fourth-order valence-corrected chi connectivity index (χ4v) is 4.71. The first-order valence-electron chi connectivity index (χ1n) is 9.92. The number of hydrogen-bond donors (Lipinski definition) is 3. The second-order valence-corrected chi connectivity index (χ2v) is 9.36. The lowest BCUT2D eigenvalue weighted by Crippen LogP contribution is -2.50. The Labute approximate surface area is 177 Å². The van der Waals surface area contributed by atoms with Crippen molar-refractivity contribution in [2.75, 3.05) is 26.7 Å². The summed E-state index contributed by atoms with van der Waals surface area (Å²) in [6.45, 7) is 2.13. The number of sulfonamides is 1. The first-order valence-corrected chi connectivity index (χ1v) is 11.4. The Kier molecular flexibility index (Phi) is 7.56.